The van der Waals surface area contributed by atoms with Crippen LogP contribution in [0.3, 0.4) is 0 Å². The van der Waals surface area contributed by atoms with Crippen LogP contribution in [0.4, 0.5) is 5.82 Å². The summed E-state index contributed by atoms with van der Waals surface area (Å²) in [7, 11) is 0. The van der Waals surface area contributed by atoms with E-state index in [2.05, 4.69) is 4.98 Å². The molecule has 0 unspecified atom stereocenters. The summed E-state index contributed by atoms with van der Waals surface area (Å²) in [6.45, 7) is 5.05. The fraction of sp³-hybridized carbons (Fsp3) is 0.333. The number of hydrogen-bond acceptors (Lipinski definition) is 5. The molecule has 0 atom stereocenters. The molecule has 2 N–H and O–H groups in total. The number of nitrogens with two attached hydrogens (primary N) is 1. The number of rotatable bonds is 1. The number of anilines is 1. The van der Waals surface area contributed by atoms with Gasteiger partial charge in [-0.25, -0.2) is 4.98 Å². The molecule has 92 valence electrons. The van der Waals surface area contributed by atoms with E-state index in [0.717, 1.165) is 0 Å². The summed E-state index contributed by atoms with van der Waals surface area (Å²) in [5.41, 5.74) is 4.54. The molecular formula is C12H11ClN4O. The Bertz CT molecular complexity index is 564. The molecule has 0 aliphatic carbocycles. The number of carbonyl (C=O) groups is 1. The van der Waals surface area contributed by atoms with Crippen molar-refractivity contribution in [3.8, 4) is 12.1 Å². The van der Waals surface area contributed by atoms with Crippen molar-refractivity contribution in [2.24, 2.45) is 5.41 Å². The fourth-order valence-electron chi connectivity index (χ4n) is 1.39. The van der Waals surface area contributed by atoms with Gasteiger partial charge in [-0.2, -0.15) is 10.5 Å². The molecule has 0 aromatic carbocycles. The second-order valence-corrected chi connectivity index (χ2v) is 5.07. The Morgan fingerprint density at radius 2 is 1.78 bits per heavy atom. The highest BCUT2D eigenvalue weighted by atomic mass is 35.5. The van der Waals surface area contributed by atoms with Crippen molar-refractivity contribution >= 4 is 23.2 Å². The molecule has 0 fully saturated rings. The van der Waals surface area contributed by atoms with Gasteiger partial charge < -0.3 is 5.73 Å². The molecule has 1 heterocycles. The average molecular weight is 263 g/mol. The zero-order chi connectivity index (χ0) is 14.1. The molecule has 0 saturated heterocycles. The summed E-state index contributed by atoms with van der Waals surface area (Å²) in [6, 6.07) is 3.60. The summed E-state index contributed by atoms with van der Waals surface area (Å²) in [6.07, 6.45) is 0. The van der Waals surface area contributed by atoms with E-state index >= 15 is 0 Å². The molecular weight excluding hydrogens is 252 g/mol. The van der Waals surface area contributed by atoms with Gasteiger partial charge in [0.1, 0.15) is 34.2 Å². The van der Waals surface area contributed by atoms with E-state index in [4.69, 9.17) is 27.9 Å². The van der Waals surface area contributed by atoms with Crippen LogP contribution in [0.2, 0.25) is 5.15 Å². The van der Waals surface area contributed by atoms with Gasteiger partial charge in [0.05, 0.1) is 5.56 Å². The number of aromatic nitrogens is 1. The summed E-state index contributed by atoms with van der Waals surface area (Å²) in [5.74, 6) is -0.513. The molecule has 0 aliphatic heterocycles. The van der Waals surface area contributed by atoms with Gasteiger partial charge in [-0.1, -0.05) is 32.4 Å². The van der Waals surface area contributed by atoms with Crippen LogP contribution in [0.15, 0.2) is 0 Å². The summed E-state index contributed by atoms with van der Waals surface area (Å²) < 4.78 is 0. The Kier molecular flexibility index (Phi) is 3.59. The minimum atomic E-state index is -0.756. The molecule has 6 heteroatoms. The first-order chi connectivity index (χ1) is 8.23. The minimum absolute atomic E-state index is 0.0509. The lowest BCUT2D eigenvalue weighted by atomic mass is 9.83. The zero-order valence-electron chi connectivity index (χ0n) is 10.2. The van der Waals surface area contributed by atoms with Gasteiger partial charge in [-0.15, -0.1) is 0 Å². The Morgan fingerprint density at radius 1 is 1.28 bits per heavy atom. The number of Topliss-reactive ketones (excluding diaryl/α,β-unsaturated/α-hetero) is 1. The largest absolute Gasteiger partial charge is 0.383 e. The first kappa shape index (κ1) is 14.0. The Hall–Kier alpha value is -2.11. The third-order valence-corrected chi connectivity index (χ3v) is 2.59. The van der Waals surface area contributed by atoms with E-state index in [1.807, 2.05) is 0 Å². The van der Waals surface area contributed by atoms with E-state index in [1.54, 1.807) is 32.9 Å². The number of nitriles is 2. The first-order valence-electron chi connectivity index (χ1n) is 5.08. The molecule has 0 spiro atoms. The second-order valence-electron chi connectivity index (χ2n) is 4.72. The van der Waals surface area contributed by atoms with E-state index < -0.39 is 5.41 Å². The van der Waals surface area contributed by atoms with Crippen LogP contribution in [0.25, 0.3) is 0 Å². The number of hydrogen-bond donors (Lipinski definition) is 1. The van der Waals surface area contributed by atoms with Gasteiger partial charge in [0.15, 0.2) is 5.78 Å². The predicted molar refractivity (Wildman–Crippen MR) is 66.9 cm³/mol. The summed E-state index contributed by atoms with van der Waals surface area (Å²) in [4.78, 5) is 16.0. The van der Waals surface area contributed by atoms with Gasteiger partial charge in [0, 0.05) is 5.41 Å². The van der Waals surface area contributed by atoms with Crippen molar-refractivity contribution in [1.82, 2.24) is 4.98 Å². The molecule has 1 aromatic heterocycles. The van der Waals surface area contributed by atoms with Crippen LogP contribution in [-0.4, -0.2) is 10.8 Å². The predicted octanol–water partition coefficient (Wildman–Crippen LogP) is 2.29. The molecule has 0 radical (unpaired) electrons. The molecule has 0 bridgehead atoms. The second kappa shape index (κ2) is 4.64. The maximum Gasteiger partial charge on any atom is 0.171 e. The van der Waals surface area contributed by atoms with E-state index in [-0.39, 0.29) is 33.4 Å². The lowest BCUT2D eigenvalue weighted by Crippen LogP contribution is -2.23. The Balaban J connectivity index is 3.76. The summed E-state index contributed by atoms with van der Waals surface area (Å²) >= 11 is 5.78. The van der Waals surface area contributed by atoms with Crippen molar-refractivity contribution < 1.29 is 4.79 Å². The molecule has 1 rings (SSSR count). The SMILES string of the molecule is CC(C)(C)C(=O)c1c(C#N)c(N)nc(Cl)c1C#N. The van der Waals surface area contributed by atoms with Crippen LogP contribution in [-0.2, 0) is 0 Å². The molecule has 0 aliphatic rings. The number of halogens is 1. The van der Waals surface area contributed by atoms with Crippen molar-refractivity contribution in [3.63, 3.8) is 0 Å². The first-order valence-corrected chi connectivity index (χ1v) is 5.45. The normalized spacial score (nSPS) is 10.6. The molecule has 5 nitrogen and oxygen atoms in total. The number of nitrogens with zero attached hydrogens (tertiary/aromatic N) is 3. The van der Waals surface area contributed by atoms with Gasteiger partial charge in [-0.3, -0.25) is 4.79 Å². The number of pyridine rings is 1. The summed E-state index contributed by atoms with van der Waals surface area (Å²) in [5, 5.41) is 17.9. The van der Waals surface area contributed by atoms with Crippen LogP contribution in [0.5, 0.6) is 0 Å². The van der Waals surface area contributed by atoms with E-state index in [0.29, 0.717) is 0 Å². The van der Waals surface area contributed by atoms with Crippen LogP contribution >= 0.6 is 11.6 Å². The Morgan fingerprint density at radius 3 is 2.17 bits per heavy atom. The minimum Gasteiger partial charge on any atom is -0.383 e. The smallest absolute Gasteiger partial charge is 0.171 e. The van der Waals surface area contributed by atoms with Crippen LogP contribution in [0, 0.1) is 28.1 Å². The fourth-order valence-corrected chi connectivity index (χ4v) is 1.62. The lowest BCUT2D eigenvalue weighted by Gasteiger charge is -2.19. The molecule has 0 amide bonds. The van der Waals surface area contributed by atoms with Crippen molar-refractivity contribution in [2.45, 2.75) is 20.8 Å². The standard InChI is InChI=1S/C12H11ClN4O/c1-12(2,3)9(18)8-6(4-14)10(13)17-11(16)7(8)5-15/h1-3H3,(H2,16,17). The van der Waals surface area contributed by atoms with E-state index in [1.165, 1.54) is 0 Å². The molecule has 18 heavy (non-hydrogen) atoms. The third kappa shape index (κ3) is 2.27. The van der Waals surface area contributed by atoms with Crippen LogP contribution in [0.1, 0.15) is 42.3 Å². The zero-order valence-corrected chi connectivity index (χ0v) is 11.0. The highest BCUT2D eigenvalue weighted by Gasteiger charge is 2.30. The van der Waals surface area contributed by atoms with Gasteiger partial charge in [0.25, 0.3) is 0 Å². The van der Waals surface area contributed by atoms with Gasteiger partial charge >= 0.3 is 0 Å². The highest BCUT2D eigenvalue weighted by Crippen LogP contribution is 2.30. The van der Waals surface area contributed by atoms with Crippen molar-refractivity contribution in [1.29, 1.82) is 10.5 Å². The van der Waals surface area contributed by atoms with Crippen molar-refractivity contribution in [2.75, 3.05) is 5.73 Å². The molecule has 1 aromatic rings. The monoisotopic (exact) mass is 262 g/mol. The third-order valence-electron chi connectivity index (χ3n) is 2.31. The number of ketones is 1. The average Bonchev–Trinajstić information content (AvgIpc) is 2.26. The maximum absolute atomic E-state index is 12.3. The maximum atomic E-state index is 12.3. The van der Waals surface area contributed by atoms with Gasteiger partial charge in [-0.05, 0) is 0 Å². The highest BCUT2D eigenvalue weighted by molar-refractivity contribution is 6.31. The molecule has 0 saturated carbocycles. The Labute approximate surface area is 110 Å². The van der Waals surface area contributed by atoms with Gasteiger partial charge in [0.2, 0.25) is 0 Å². The van der Waals surface area contributed by atoms with Crippen molar-refractivity contribution in [3.05, 3.63) is 21.8 Å². The number of nitrogen functional groups attached to an aromatic ring is 1. The quantitative estimate of drug-likeness (QED) is 0.618. The van der Waals surface area contributed by atoms with Crippen LogP contribution < -0.4 is 5.73 Å². The van der Waals surface area contributed by atoms with E-state index in [9.17, 15) is 4.79 Å². The lowest BCUT2D eigenvalue weighted by molar-refractivity contribution is 0.0857. The number of carbonyl (C=O) groups excluding carboxylic acids is 1. The topological polar surface area (TPSA) is 104 Å².